The third-order valence-corrected chi connectivity index (χ3v) is 4.95. The fraction of sp³-hybridized carbons (Fsp3) is 0.267. The van der Waals surface area contributed by atoms with Crippen LogP contribution in [0.2, 0.25) is 0 Å². The molecular formula is C15H18N5O5PS. The maximum absolute atomic E-state index is 10.9. The van der Waals surface area contributed by atoms with Crippen molar-refractivity contribution in [3.8, 4) is 5.75 Å². The zero-order valence-corrected chi connectivity index (χ0v) is 16.0. The molecule has 0 saturated carbocycles. The van der Waals surface area contributed by atoms with Crippen molar-refractivity contribution in [2.24, 2.45) is 0 Å². The second-order valence-corrected chi connectivity index (χ2v) is 8.47. The van der Waals surface area contributed by atoms with Gasteiger partial charge in [0, 0.05) is 4.90 Å². The lowest BCUT2D eigenvalue weighted by Gasteiger charge is -2.14. The SMILES string of the molecule is CC(Cn1cnc2c(Sc3ccc(O)cc3)nc(N)nc21)OCP(=O)(O)O. The van der Waals surface area contributed by atoms with Crippen LogP contribution in [0.5, 0.6) is 5.75 Å². The standard InChI is InChI=1S/C15H18N5O5PS/c1-9(25-8-26(22,23)24)6-20-7-17-12-13(20)18-15(16)19-14(12)27-11-4-2-10(21)3-5-11/h2-5,7,9,21H,6,8H2,1H3,(H2,16,18,19)(H2,22,23,24). The van der Waals surface area contributed by atoms with Crippen LogP contribution in [0.15, 0.2) is 40.5 Å². The number of phenolic OH excluding ortho intramolecular Hbond substituents is 1. The Labute approximate surface area is 158 Å². The average molecular weight is 411 g/mol. The molecule has 5 N–H and O–H groups in total. The molecule has 0 fully saturated rings. The highest BCUT2D eigenvalue weighted by Gasteiger charge is 2.18. The third-order valence-electron chi connectivity index (χ3n) is 3.48. The molecule has 0 radical (unpaired) electrons. The van der Waals surface area contributed by atoms with Crippen LogP contribution in [0.4, 0.5) is 5.95 Å². The summed E-state index contributed by atoms with van der Waals surface area (Å²) in [5, 5.41) is 9.95. The quantitative estimate of drug-likeness (QED) is 0.334. The number of aromatic nitrogens is 4. The van der Waals surface area contributed by atoms with Crippen molar-refractivity contribution in [2.75, 3.05) is 12.1 Å². The molecule has 2 aromatic heterocycles. The summed E-state index contributed by atoms with van der Waals surface area (Å²) >= 11 is 1.33. The predicted molar refractivity (Wildman–Crippen MR) is 99.4 cm³/mol. The van der Waals surface area contributed by atoms with E-state index in [-0.39, 0.29) is 18.2 Å². The smallest absolute Gasteiger partial charge is 0.350 e. The molecule has 10 nitrogen and oxygen atoms in total. The van der Waals surface area contributed by atoms with Crippen molar-refractivity contribution in [2.45, 2.75) is 29.5 Å². The number of nitrogens with zero attached hydrogens (tertiary/aromatic N) is 4. The second kappa shape index (κ2) is 7.83. The molecule has 1 unspecified atom stereocenters. The van der Waals surface area contributed by atoms with Gasteiger partial charge in [0.25, 0.3) is 0 Å². The van der Waals surface area contributed by atoms with Crippen LogP contribution in [0.1, 0.15) is 6.92 Å². The summed E-state index contributed by atoms with van der Waals surface area (Å²) in [5.74, 6) is 0.245. The molecule has 0 spiro atoms. The molecule has 1 atom stereocenters. The lowest BCUT2D eigenvalue weighted by molar-refractivity contribution is 0.0764. The summed E-state index contributed by atoms with van der Waals surface area (Å²) in [6.45, 7) is 1.98. The number of rotatable bonds is 7. The van der Waals surface area contributed by atoms with Crippen LogP contribution >= 0.6 is 19.4 Å². The summed E-state index contributed by atoms with van der Waals surface area (Å²) < 4.78 is 17.8. The van der Waals surface area contributed by atoms with E-state index in [1.54, 1.807) is 42.1 Å². The number of nitrogens with two attached hydrogens (primary N) is 1. The topological polar surface area (TPSA) is 157 Å². The number of anilines is 1. The van der Waals surface area contributed by atoms with E-state index in [1.807, 2.05) is 0 Å². The summed E-state index contributed by atoms with van der Waals surface area (Å²) in [6.07, 6.45) is 0.427. The minimum Gasteiger partial charge on any atom is -0.508 e. The minimum absolute atomic E-state index is 0.0781. The van der Waals surface area contributed by atoms with Crippen molar-refractivity contribution in [3.05, 3.63) is 30.6 Å². The van der Waals surface area contributed by atoms with Crippen LogP contribution in [-0.2, 0) is 15.8 Å². The monoisotopic (exact) mass is 411 g/mol. The third kappa shape index (κ3) is 5.18. The zero-order chi connectivity index (χ0) is 19.6. The van der Waals surface area contributed by atoms with Crippen molar-refractivity contribution in [3.63, 3.8) is 0 Å². The van der Waals surface area contributed by atoms with Gasteiger partial charge in [-0.2, -0.15) is 4.98 Å². The summed E-state index contributed by atoms with van der Waals surface area (Å²) in [4.78, 5) is 31.5. The Morgan fingerprint density at radius 3 is 2.67 bits per heavy atom. The van der Waals surface area contributed by atoms with E-state index in [4.69, 9.17) is 20.3 Å². The Hall–Kier alpha value is -2.17. The highest BCUT2D eigenvalue weighted by molar-refractivity contribution is 7.99. The van der Waals surface area contributed by atoms with E-state index >= 15 is 0 Å². The first-order valence-electron chi connectivity index (χ1n) is 7.82. The first-order valence-corrected chi connectivity index (χ1v) is 10.4. The van der Waals surface area contributed by atoms with Gasteiger partial charge in [0.2, 0.25) is 5.95 Å². The van der Waals surface area contributed by atoms with Crippen molar-refractivity contribution in [1.82, 2.24) is 19.5 Å². The number of fused-ring (bicyclic) bond motifs is 1. The lowest BCUT2D eigenvalue weighted by Crippen LogP contribution is -2.17. The van der Waals surface area contributed by atoms with Gasteiger partial charge < -0.3 is 29.9 Å². The molecule has 0 saturated heterocycles. The first-order chi connectivity index (χ1) is 12.7. The average Bonchev–Trinajstić information content (AvgIpc) is 2.97. The van der Waals surface area contributed by atoms with E-state index in [2.05, 4.69) is 15.0 Å². The van der Waals surface area contributed by atoms with Crippen molar-refractivity contribution >= 4 is 36.5 Å². The first kappa shape index (κ1) is 19.6. The van der Waals surface area contributed by atoms with Crippen LogP contribution in [0.25, 0.3) is 11.2 Å². The van der Waals surface area contributed by atoms with Gasteiger partial charge in [-0.1, -0.05) is 11.8 Å². The van der Waals surface area contributed by atoms with Crippen LogP contribution in [0.3, 0.4) is 0 Å². The van der Waals surface area contributed by atoms with E-state index in [1.165, 1.54) is 11.8 Å². The molecule has 1 aromatic carbocycles. The Morgan fingerprint density at radius 1 is 1.30 bits per heavy atom. The fourth-order valence-corrected chi connectivity index (χ4v) is 3.64. The normalized spacial score (nSPS) is 13.1. The Bertz CT molecular complexity index is 990. The van der Waals surface area contributed by atoms with Crippen LogP contribution < -0.4 is 5.73 Å². The maximum Gasteiger partial charge on any atom is 0.350 e. The lowest BCUT2D eigenvalue weighted by atomic mass is 10.3. The van der Waals surface area contributed by atoms with Gasteiger partial charge in [0.1, 0.15) is 22.6 Å². The van der Waals surface area contributed by atoms with Crippen LogP contribution in [0, 0.1) is 0 Å². The molecular weight excluding hydrogens is 393 g/mol. The number of nitrogen functional groups attached to an aromatic ring is 1. The van der Waals surface area contributed by atoms with Gasteiger partial charge in [0.05, 0.1) is 19.0 Å². The van der Waals surface area contributed by atoms with Crippen LogP contribution in [-0.4, -0.2) is 46.9 Å². The summed E-state index contributed by atoms with van der Waals surface area (Å²) in [5.41, 5.74) is 6.87. The van der Waals surface area contributed by atoms with E-state index < -0.39 is 20.0 Å². The number of ether oxygens (including phenoxy) is 1. The van der Waals surface area contributed by atoms with Gasteiger partial charge in [-0.15, -0.1) is 0 Å². The number of hydrogen-bond acceptors (Lipinski definition) is 8. The molecule has 0 bridgehead atoms. The number of aromatic hydroxyl groups is 1. The van der Waals surface area contributed by atoms with Crippen molar-refractivity contribution in [1.29, 1.82) is 0 Å². The number of phenols is 1. The zero-order valence-electron chi connectivity index (χ0n) is 14.3. The molecule has 2 heterocycles. The molecule has 0 aliphatic carbocycles. The number of hydrogen-bond donors (Lipinski definition) is 4. The predicted octanol–water partition coefficient (Wildman–Crippen LogP) is 1.81. The Kier molecular flexibility index (Phi) is 5.68. The molecule has 0 aliphatic heterocycles. The van der Waals surface area contributed by atoms with Gasteiger partial charge in [-0.3, -0.25) is 4.57 Å². The molecule has 0 amide bonds. The van der Waals surface area contributed by atoms with E-state index in [9.17, 15) is 9.67 Å². The summed E-state index contributed by atoms with van der Waals surface area (Å²) in [7, 11) is -4.23. The Morgan fingerprint density at radius 2 is 2.00 bits per heavy atom. The maximum atomic E-state index is 10.9. The molecule has 12 heteroatoms. The molecule has 27 heavy (non-hydrogen) atoms. The van der Waals surface area contributed by atoms with Gasteiger partial charge >= 0.3 is 7.60 Å². The second-order valence-electron chi connectivity index (χ2n) is 5.82. The highest BCUT2D eigenvalue weighted by Crippen LogP contribution is 2.35. The van der Waals surface area contributed by atoms with Gasteiger partial charge in [-0.05, 0) is 31.2 Å². The molecule has 3 rings (SSSR count). The van der Waals surface area contributed by atoms with Gasteiger partial charge in [0.15, 0.2) is 5.65 Å². The Balaban J connectivity index is 1.84. The molecule has 144 valence electrons. The molecule has 0 aliphatic rings. The summed E-state index contributed by atoms with van der Waals surface area (Å²) in [6, 6.07) is 6.64. The van der Waals surface area contributed by atoms with Gasteiger partial charge in [-0.25, -0.2) is 9.97 Å². The number of imidazole rings is 1. The molecule has 3 aromatic rings. The van der Waals surface area contributed by atoms with E-state index in [0.29, 0.717) is 16.2 Å². The van der Waals surface area contributed by atoms with Crippen molar-refractivity contribution < 1.29 is 24.2 Å². The number of benzene rings is 1. The highest BCUT2D eigenvalue weighted by atomic mass is 32.2. The minimum atomic E-state index is -4.23. The largest absolute Gasteiger partial charge is 0.508 e. The van der Waals surface area contributed by atoms with E-state index in [0.717, 1.165) is 4.90 Å². The fourth-order valence-electron chi connectivity index (χ4n) is 2.32.